The van der Waals surface area contributed by atoms with E-state index in [4.69, 9.17) is 21.4 Å². The van der Waals surface area contributed by atoms with Crippen LogP contribution in [0, 0.1) is 0 Å². The molecule has 0 fully saturated rings. The topological polar surface area (TPSA) is 111 Å². The number of benzene rings is 2. The van der Waals surface area contributed by atoms with Gasteiger partial charge < -0.3 is 15.6 Å². The van der Waals surface area contributed by atoms with Crippen molar-refractivity contribution in [1.29, 1.82) is 0 Å². The zero-order chi connectivity index (χ0) is 13.8. The smallest absolute Gasteiger partial charge is 0.357 e. The maximum Gasteiger partial charge on any atom is 0.357 e. The number of hydrogen-bond acceptors (Lipinski definition) is 5. The summed E-state index contributed by atoms with van der Waals surface area (Å²) in [5.74, 6) is 4.12. The van der Waals surface area contributed by atoms with Gasteiger partial charge >= 0.3 is 5.97 Å². The lowest BCUT2D eigenvalue weighted by atomic mass is 10.1. The maximum absolute atomic E-state index is 10.7. The minimum Gasteiger partial charge on any atom is -0.476 e. The van der Waals surface area contributed by atoms with Crippen molar-refractivity contribution in [1.82, 2.24) is 5.43 Å². The molecular weight excluding hydrogens is 246 g/mol. The number of carbonyl (C=O) groups is 1. The quantitative estimate of drug-likeness (QED) is 0.281. The van der Waals surface area contributed by atoms with Crippen LogP contribution in [0.15, 0.2) is 54.0 Å². The standard InChI is InChI=1S/C13H13N3O3/c14-11(13(17)18)12(16-15)19-10-6-5-8-3-1-2-4-9(8)7-10/h1-7,16H,14-15H2,(H,17,18)/b12-11+. The highest BCUT2D eigenvalue weighted by Gasteiger charge is 2.12. The van der Waals surface area contributed by atoms with Gasteiger partial charge in [-0.1, -0.05) is 30.3 Å². The van der Waals surface area contributed by atoms with Gasteiger partial charge in [-0.05, 0) is 22.9 Å². The van der Waals surface area contributed by atoms with Crippen molar-refractivity contribution in [3.63, 3.8) is 0 Å². The second-order valence-corrected chi connectivity index (χ2v) is 3.80. The Kier molecular flexibility index (Phi) is 3.53. The molecule has 0 aromatic heterocycles. The predicted octanol–water partition coefficient (Wildman–Crippen LogP) is 0.894. The first-order chi connectivity index (χ1) is 9.11. The molecular formula is C13H13N3O3. The molecule has 6 N–H and O–H groups in total. The number of hydrogen-bond donors (Lipinski definition) is 4. The fourth-order valence-electron chi connectivity index (χ4n) is 1.61. The molecule has 2 aromatic rings. The van der Waals surface area contributed by atoms with E-state index < -0.39 is 11.7 Å². The van der Waals surface area contributed by atoms with Crippen LogP contribution in [-0.2, 0) is 4.79 Å². The summed E-state index contributed by atoms with van der Waals surface area (Å²) in [6.45, 7) is 0. The average molecular weight is 259 g/mol. The molecule has 19 heavy (non-hydrogen) atoms. The molecule has 0 aliphatic rings. The van der Waals surface area contributed by atoms with Gasteiger partial charge in [0, 0.05) is 0 Å². The number of rotatable bonds is 4. The molecule has 98 valence electrons. The highest BCUT2D eigenvalue weighted by atomic mass is 16.5. The van der Waals surface area contributed by atoms with Gasteiger partial charge in [0.05, 0.1) is 0 Å². The summed E-state index contributed by atoms with van der Waals surface area (Å²) in [5, 5.41) is 10.8. The summed E-state index contributed by atoms with van der Waals surface area (Å²) < 4.78 is 5.33. The Morgan fingerprint density at radius 3 is 2.47 bits per heavy atom. The second kappa shape index (κ2) is 5.28. The molecule has 0 aliphatic heterocycles. The van der Waals surface area contributed by atoms with Crippen molar-refractivity contribution < 1.29 is 14.6 Å². The Hall–Kier alpha value is -2.73. The van der Waals surface area contributed by atoms with Crippen molar-refractivity contribution in [3.8, 4) is 5.75 Å². The van der Waals surface area contributed by atoms with Crippen molar-refractivity contribution in [3.05, 3.63) is 54.0 Å². The van der Waals surface area contributed by atoms with E-state index in [0.717, 1.165) is 10.8 Å². The molecule has 0 saturated carbocycles. The van der Waals surface area contributed by atoms with Gasteiger partial charge in [-0.2, -0.15) is 0 Å². The summed E-state index contributed by atoms with van der Waals surface area (Å²) in [7, 11) is 0. The number of aliphatic carboxylic acids is 1. The van der Waals surface area contributed by atoms with Crippen molar-refractivity contribution in [2.45, 2.75) is 0 Å². The molecule has 6 nitrogen and oxygen atoms in total. The van der Waals surface area contributed by atoms with E-state index in [1.54, 1.807) is 12.1 Å². The first kappa shape index (κ1) is 12.7. The van der Waals surface area contributed by atoms with Crippen LogP contribution < -0.4 is 21.7 Å². The third kappa shape index (κ3) is 2.75. The van der Waals surface area contributed by atoms with Gasteiger partial charge in [0.2, 0.25) is 5.88 Å². The summed E-state index contributed by atoms with van der Waals surface area (Å²) >= 11 is 0. The number of hydrazine groups is 1. The summed E-state index contributed by atoms with van der Waals surface area (Å²) in [6.07, 6.45) is 0. The molecule has 0 amide bonds. The van der Waals surface area contributed by atoms with Crippen LogP contribution in [0.5, 0.6) is 5.75 Å². The van der Waals surface area contributed by atoms with Crippen molar-refractivity contribution in [2.75, 3.05) is 0 Å². The molecule has 2 aromatic carbocycles. The zero-order valence-electron chi connectivity index (χ0n) is 9.96. The highest BCUT2D eigenvalue weighted by Crippen LogP contribution is 2.21. The molecule has 0 radical (unpaired) electrons. The lowest BCUT2D eigenvalue weighted by molar-refractivity contribution is -0.132. The van der Waals surface area contributed by atoms with Crippen molar-refractivity contribution in [2.24, 2.45) is 11.6 Å². The van der Waals surface area contributed by atoms with Gasteiger partial charge in [0.25, 0.3) is 0 Å². The van der Waals surface area contributed by atoms with Crippen LogP contribution in [0.3, 0.4) is 0 Å². The molecule has 0 unspecified atom stereocenters. The normalized spacial score (nSPS) is 11.8. The largest absolute Gasteiger partial charge is 0.476 e. The third-order valence-corrected chi connectivity index (χ3v) is 2.55. The first-order valence-corrected chi connectivity index (χ1v) is 5.48. The fraction of sp³-hybridized carbons (Fsp3) is 0. The molecule has 0 bridgehead atoms. The van der Waals surface area contributed by atoms with E-state index in [1.165, 1.54) is 0 Å². The number of carboxylic acids is 1. The van der Waals surface area contributed by atoms with Crippen LogP contribution in [-0.4, -0.2) is 11.1 Å². The SMILES string of the molecule is NN/C(Oc1ccc2ccccc2c1)=C(\N)C(=O)O. The van der Waals surface area contributed by atoms with Gasteiger partial charge in [0.15, 0.2) is 5.70 Å². The summed E-state index contributed by atoms with van der Waals surface area (Å²) in [5.41, 5.74) is 6.99. The van der Waals surface area contributed by atoms with Crippen LogP contribution in [0.1, 0.15) is 0 Å². The van der Waals surface area contributed by atoms with Crippen LogP contribution in [0.25, 0.3) is 10.8 Å². The minimum atomic E-state index is -1.31. The van der Waals surface area contributed by atoms with E-state index >= 15 is 0 Å². The van der Waals surface area contributed by atoms with Crippen LogP contribution in [0.4, 0.5) is 0 Å². The van der Waals surface area contributed by atoms with Crippen LogP contribution >= 0.6 is 0 Å². The summed E-state index contributed by atoms with van der Waals surface area (Å²) in [4.78, 5) is 10.7. The number of nitrogens with two attached hydrogens (primary N) is 2. The Balaban J connectivity index is 2.35. The Morgan fingerprint density at radius 2 is 1.84 bits per heavy atom. The fourth-order valence-corrected chi connectivity index (χ4v) is 1.61. The summed E-state index contributed by atoms with van der Waals surface area (Å²) in [6, 6.07) is 13.0. The number of fused-ring (bicyclic) bond motifs is 1. The van der Waals surface area contributed by atoms with Gasteiger partial charge in [-0.25, -0.2) is 10.6 Å². The Morgan fingerprint density at radius 1 is 1.16 bits per heavy atom. The number of carboxylic acid groups (broad SMARTS) is 1. The van der Waals surface area contributed by atoms with E-state index in [-0.39, 0.29) is 5.88 Å². The highest BCUT2D eigenvalue weighted by molar-refractivity contribution is 5.86. The van der Waals surface area contributed by atoms with Crippen LogP contribution in [0.2, 0.25) is 0 Å². The van der Waals surface area contributed by atoms with Gasteiger partial charge in [-0.3, -0.25) is 5.43 Å². The van der Waals surface area contributed by atoms with Gasteiger partial charge in [-0.15, -0.1) is 0 Å². The van der Waals surface area contributed by atoms with E-state index in [9.17, 15) is 4.79 Å². The lowest BCUT2D eigenvalue weighted by Crippen LogP contribution is -2.31. The Bertz CT molecular complexity index is 652. The van der Waals surface area contributed by atoms with E-state index in [0.29, 0.717) is 5.75 Å². The monoisotopic (exact) mass is 259 g/mol. The predicted molar refractivity (Wildman–Crippen MR) is 70.7 cm³/mol. The maximum atomic E-state index is 10.7. The molecule has 0 spiro atoms. The van der Waals surface area contributed by atoms with Crippen molar-refractivity contribution >= 4 is 16.7 Å². The molecule has 0 atom stereocenters. The van der Waals surface area contributed by atoms with E-state index in [1.807, 2.05) is 30.3 Å². The molecule has 6 heteroatoms. The zero-order valence-corrected chi connectivity index (χ0v) is 9.96. The van der Waals surface area contributed by atoms with E-state index in [2.05, 4.69) is 5.43 Å². The first-order valence-electron chi connectivity index (χ1n) is 5.48. The number of nitrogens with one attached hydrogen (secondary N) is 1. The second-order valence-electron chi connectivity index (χ2n) is 3.80. The molecule has 2 rings (SSSR count). The average Bonchev–Trinajstić information content (AvgIpc) is 2.43. The minimum absolute atomic E-state index is 0.206. The Labute approximate surface area is 109 Å². The lowest BCUT2D eigenvalue weighted by Gasteiger charge is -2.11. The third-order valence-electron chi connectivity index (χ3n) is 2.55. The van der Waals surface area contributed by atoms with Gasteiger partial charge in [0.1, 0.15) is 5.75 Å². The molecule has 0 saturated heterocycles. The molecule has 0 aliphatic carbocycles. The molecule has 0 heterocycles. The number of ether oxygens (including phenoxy) is 1.